The molecule has 0 aliphatic carbocycles. The van der Waals surface area contributed by atoms with Gasteiger partial charge in [-0.1, -0.05) is 0 Å². The lowest BCUT2D eigenvalue weighted by Crippen LogP contribution is -2.46. The molecule has 7 nitrogen and oxygen atoms in total. The highest BCUT2D eigenvalue weighted by Crippen LogP contribution is 2.38. The van der Waals surface area contributed by atoms with Crippen molar-refractivity contribution in [3.8, 4) is 0 Å². The Balaban J connectivity index is 1.46. The Bertz CT molecular complexity index is 981. The molecule has 0 atom stereocenters. The van der Waals surface area contributed by atoms with E-state index in [0.717, 1.165) is 35.7 Å². The maximum absolute atomic E-state index is 14.7. The van der Waals surface area contributed by atoms with E-state index in [4.69, 9.17) is 4.74 Å². The maximum atomic E-state index is 14.7. The van der Waals surface area contributed by atoms with Crippen molar-refractivity contribution in [2.75, 3.05) is 42.7 Å². The second-order valence-corrected chi connectivity index (χ2v) is 9.33. The second-order valence-electron chi connectivity index (χ2n) is 8.48. The molecule has 4 rings (SSSR count). The van der Waals surface area contributed by atoms with E-state index in [9.17, 15) is 9.18 Å². The summed E-state index contributed by atoms with van der Waals surface area (Å²) >= 11 is 1.43. The molecule has 1 aromatic carbocycles. The van der Waals surface area contributed by atoms with Gasteiger partial charge in [-0.05, 0) is 51.5 Å². The second kappa shape index (κ2) is 9.52. The summed E-state index contributed by atoms with van der Waals surface area (Å²) < 4.78 is 20.1. The average molecular weight is 460 g/mol. The minimum atomic E-state index is -0.241. The van der Waals surface area contributed by atoms with E-state index in [0.29, 0.717) is 31.0 Å². The van der Waals surface area contributed by atoms with Crippen LogP contribution in [0.3, 0.4) is 0 Å². The van der Waals surface area contributed by atoms with Crippen LogP contribution in [0.4, 0.5) is 26.5 Å². The molecule has 1 fully saturated rings. The molecule has 0 unspecified atom stereocenters. The summed E-state index contributed by atoms with van der Waals surface area (Å²) in [4.78, 5) is 27.8. The van der Waals surface area contributed by atoms with Gasteiger partial charge in [0.05, 0.1) is 6.10 Å². The predicted octanol–water partition coefficient (Wildman–Crippen LogP) is 4.48. The molecule has 0 radical (unpaired) electrons. The summed E-state index contributed by atoms with van der Waals surface area (Å²) in [7, 11) is 2.03. The van der Waals surface area contributed by atoms with E-state index < -0.39 is 0 Å². The van der Waals surface area contributed by atoms with Crippen molar-refractivity contribution in [3.63, 3.8) is 0 Å². The van der Waals surface area contributed by atoms with E-state index in [2.05, 4.69) is 19.8 Å². The van der Waals surface area contributed by atoms with Gasteiger partial charge in [0.1, 0.15) is 23.8 Å². The molecule has 0 N–H and O–H groups in total. The Morgan fingerprint density at radius 3 is 2.69 bits per heavy atom. The summed E-state index contributed by atoms with van der Waals surface area (Å²) in [6.45, 7) is 5.74. The monoisotopic (exact) mass is 459 g/mol. The largest absolute Gasteiger partial charge is 0.447 e. The van der Waals surface area contributed by atoms with Crippen LogP contribution in [-0.2, 0) is 11.2 Å². The highest BCUT2D eigenvalue weighted by Gasteiger charge is 2.29. The van der Waals surface area contributed by atoms with Crippen LogP contribution in [-0.4, -0.2) is 66.0 Å². The fourth-order valence-electron chi connectivity index (χ4n) is 4.40. The number of likely N-dealkylation sites (tertiary alicyclic amines) is 1. The number of amides is 1. The summed E-state index contributed by atoms with van der Waals surface area (Å²) in [6.07, 6.45) is 5.46. The number of fused-ring (bicyclic) bond motifs is 1. The lowest BCUT2D eigenvalue weighted by molar-refractivity contribution is 0.0692. The van der Waals surface area contributed by atoms with Crippen LogP contribution in [0.5, 0.6) is 0 Å². The highest BCUT2D eigenvalue weighted by molar-refractivity contribution is 7.98. The number of hydrogen-bond donors (Lipinski definition) is 0. The summed E-state index contributed by atoms with van der Waals surface area (Å²) in [5.74, 6) is 1.48. The van der Waals surface area contributed by atoms with Crippen LogP contribution >= 0.6 is 11.8 Å². The molecule has 0 bridgehead atoms. The molecule has 2 aromatic rings. The van der Waals surface area contributed by atoms with Crippen molar-refractivity contribution >= 4 is 35.2 Å². The van der Waals surface area contributed by atoms with Gasteiger partial charge in [0, 0.05) is 54.9 Å². The molecule has 2 aliphatic rings. The number of carbonyl (C=O) groups is 1. The van der Waals surface area contributed by atoms with E-state index in [1.807, 2.05) is 45.4 Å². The number of ether oxygens (including phenoxy) is 1. The van der Waals surface area contributed by atoms with Crippen molar-refractivity contribution in [2.45, 2.75) is 50.2 Å². The number of nitrogens with zero attached hydrogens (tertiary/aromatic N) is 5. The summed E-state index contributed by atoms with van der Waals surface area (Å²) in [5, 5.41) is 0. The summed E-state index contributed by atoms with van der Waals surface area (Å²) in [6, 6.07) is 6.06. The minimum absolute atomic E-state index is 0.112. The van der Waals surface area contributed by atoms with Crippen LogP contribution in [0.15, 0.2) is 29.4 Å². The van der Waals surface area contributed by atoms with E-state index in [-0.39, 0.29) is 24.1 Å². The number of carbonyl (C=O) groups excluding carboxylic acids is 1. The number of rotatable bonds is 5. The number of aromatic nitrogens is 2. The topological polar surface area (TPSA) is 61.8 Å². The molecule has 0 saturated carbocycles. The first-order valence-corrected chi connectivity index (χ1v) is 12.2. The number of halogens is 1. The van der Waals surface area contributed by atoms with Crippen molar-refractivity contribution in [1.29, 1.82) is 0 Å². The minimum Gasteiger partial charge on any atom is -0.447 e. The lowest BCUT2D eigenvalue weighted by atomic mass is 10.0. The molecule has 1 saturated heterocycles. The van der Waals surface area contributed by atoms with Gasteiger partial charge < -0.3 is 19.4 Å². The van der Waals surface area contributed by atoms with E-state index in [1.165, 1.54) is 11.8 Å². The molecule has 1 aromatic heterocycles. The normalized spacial score (nSPS) is 16.4. The fraction of sp³-hybridized carbons (Fsp3) is 0.522. The van der Waals surface area contributed by atoms with Gasteiger partial charge in [-0.3, -0.25) is 0 Å². The molecule has 1 amide bonds. The maximum Gasteiger partial charge on any atom is 0.410 e. The van der Waals surface area contributed by atoms with Gasteiger partial charge in [0.2, 0.25) is 0 Å². The smallest absolute Gasteiger partial charge is 0.410 e. The molecular formula is C23H30FN5O2S. The van der Waals surface area contributed by atoms with Crippen LogP contribution in [0, 0.1) is 5.82 Å². The van der Waals surface area contributed by atoms with Gasteiger partial charge >= 0.3 is 6.09 Å². The van der Waals surface area contributed by atoms with E-state index >= 15 is 0 Å². The van der Waals surface area contributed by atoms with Crippen molar-refractivity contribution in [3.05, 3.63) is 35.9 Å². The predicted molar refractivity (Wildman–Crippen MR) is 126 cm³/mol. The van der Waals surface area contributed by atoms with Gasteiger partial charge in [-0.25, -0.2) is 19.2 Å². The standard InChI is InChI=1S/C23H30FN5O2S/c1-15(2)31-23(30)28-10-7-16(8-11-28)27(3)20-13-21(26-14-25-20)29-12-9-17-18(29)5-6-19(32-4)22(17)24/h5-6,13-16H,7-12H2,1-4H3. The van der Waals surface area contributed by atoms with Crippen LogP contribution < -0.4 is 9.80 Å². The molecule has 2 aliphatic heterocycles. The molecule has 9 heteroatoms. The zero-order chi connectivity index (χ0) is 22.8. The Kier molecular flexibility index (Phi) is 6.74. The number of thioether (sulfide) groups is 1. The van der Waals surface area contributed by atoms with Crippen LogP contribution in [0.25, 0.3) is 0 Å². The number of hydrogen-bond acceptors (Lipinski definition) is 7. The van der Waals surface area contributed by atoms with Crippen LogP contribution in [0.2, 0.25) is 0 Å². The molecule has 0 spiro atoms. The zero-order valence-corrected chi connectivity index (χ0v) is 19.9. The highest BCUT2D eigenvalue weighted by atomic mass is 32.2. The quantitative estimate of drug-likeness (QED) is 0.611. The van der Waals surface area contributed by atoms with Gasteiger partial charge in [0.15, 0.2) is 0 Å². The number of benzene rings is 1. The van der Waals surface area contributed by atoms with Crippen molar-refractivity contribution in [2.24, 2.45) is 0 Å². The number of piperidine rings is 1. The van der Waals surface area contributed by atoms with E-state index in [1.54, 1.807) is 11.2 Å². The fourth-order valence-corrected chi connectivity index (χ4v) is 4.90. The first kappa shape index (κ1) is 22.6. The number of anilines is 3. The third-order valence-corrected chi connectivity index (χ3v) is 6.92. The Hall–Kier alpha value is -2.55. The molecule has 3 heterocycles. The molecular weight excluding hydrogens is 429 g/mol. The third kappa shape index (κ3) is 4.48. The lowest BCUT2D eigenvalue weighted by Gasteiger charge is -2.37. The Morgan fingerprint density at radius 1 is 1.25 bits per heavy atom. The zero-order valence-electron chi connectivity index (χ0n) is 19.0. The van der Waals surface area contributed by atoms with Crippen molar-refractivity contribution in [1.82, 2.24) is 14.9 Å². The molecule has 32 heavy (non-hydrogen) atoms. The van der Waals surface area contributed by atoms with Crippen molar-refractivity contribution < 1.29 is 13.9 Å². The molecule has 172 valence electrons. The van der Waals surface area contributed by atoms with Gasteiger partial charge in [0.25, 0.3) is 0 Å². The Labute approximate surface area is 193 Å². The first-order chi connectivity index (χ1) is 15.4. The summed E-state index contributed by atoms with van der Waals surface area (Å²) in [5.41, 5.74) is 1.63. The van der Waals surface area contributed by atoms with Gasteiger partial charge in [-0.15, -0.1) is 11.8 Å². The Morgan fingerprint density at radius 2 is 2.00 bits per heavy atom. The first-order valence-electron chi connectivity index (χ1n) is 11.0. The average Bonchev–Trinajstić information content (AvgIpc) is 3.24. The SMILES string of the molecule is CSc1ccc2c(c1F)CCN2c1cc(N(C)C2CCN(C(=O)OC(C)C)CC2)ncn1. The van der Waals surface area contributed by atoms with Crippen LogP contribution in [0.1, 0.15) is 32.3 Å². The third-order valence-electron chi connectivity index (χ3n) is 6.16. The van der Waals surface area contributed by atoms with Gasteiger partial charge in [-0.2, -0.15) is 0 Å².